The van der Waals surface area contributed by atoms with Gasteiger partial charge in [0.25, 0.3) is 0 Å². The van der Waals surface area contributed by atoms with Crippen molar-refractivity contribution in [1.82, 2.24) is 5.32 Å². The molecule has 0 fully saturated rings. The minimum absolute atomic E-state index is 0.336. The molecule has 1 aromatic rings. The van der Waals surface area contributed by atoms with Crippen LogP contribution in [0, 0.1) is 0 Å². The fourth-order valence-electron chi connectivity index (χ4n) is 1.08. The second kappa shape index (κ2) is 5.58. The second-order valence-corrected chi connectivity index (χ2v) is 3.31. The van der Waals surface area contributed by atoms with Gasteiger partial charge in [-0.05, 0) is 17.7 Å². The zero-order valence-electron chi connectivity index (χ0n) is 8.29. The van der Waals surface area contributed by atoms with Crippen molar-refractivity contribution in [2.75, 3.05) is 13.7 Å². The van der Waals surface area contributed by atoms with Gasteiger partial charge in [-0.2, -0.15) is 0 Å². The molecule has 1 rings (SSSR count). The monoisotopic (exact) mass is 229 g/mol. The third kappa shape index (κ3) is 3.42. The molecule has 1 amide bonds. The second-order valence-electron chi connectivity index (χ2n) is 2.90. The summed E-state index contributed by atoms with van der Waals surface area (Å²) < 4.78 is 4.99. The first-order valence-electron chi connectivity index (χ1n) is 4.37. The first-order valence-corrected chi connectivity index (χ1v) is 4.75. The summed E-state index contributed by atoms with van der Waals surface area (Å²) in [5.41, 5.74) is 0.850. The predicted molar refractivity (Wildman–Crippen MR) is 56.9 cm³/mol. The summed E-state index contributed by atoms with van der Waals surface area (Å²) in [6.07, 6.45) is 0. The van der Waals surface area contributed by atoms with Crippen molar-refractivity contribution in [3.8, 4) is 5.75 Å². The van der Waals surface area contributed by atoms with E-state index in [1.807, 2.05) is 0 Å². The summed E-state index contributed by atoms with van der Waals surface area (Å²) in [6.45, 7) is -0.174. The number of hydrogen-bond acceptors (Lipinski definition) is 3. The lowest BCUT2D eigenvalue weighted by Gasteiger charge is -2.06. The average molecular weight is 230 g/mol. The van der Waals surface area contributed by atoms with Crippen LogP contribution in [0.25, 0.3) is 0 Å². The van der Waals surface area contributed by atoms with Gasteiger partial charge in [-0.1, -0.05) is 17.7 Å². The van der Waals surface area contributed by atoms with Crippen LogP contribution in [0.1, 0.15) is 5.56 Å². The maximum atomic E-state index is 10.8. The Morgan fingerprint density at radius 3 is 2.87 bits per heavy atom. The topological polar surface area (TPSA) is 58.6 Å². The lowest BCUT2D eigenvalue weighted by Crippen LogP contribution is -2.25. The number of carbonyl (C=O) groups is 1. The highest BCUT2D eigenvalue weighted by Crippen LogP contribution is 2.24. The molecule has 0 aliphatic rings. The van der Waals surface area contributed by atoms with Crippen LogP contribution in [0.5, 0.6) is 5.75 Å². The maximum Gasteiger partial charge on any atom is 0.245 e. The van der Waals surface area contributed by atoms with E-state index >= 15 is 0 Å². The number of aliphatic hydroxyl groups excluding tert-OH is 1. The Hall–Kier alpha value is -1.26. The predicted octanol–water partition coefficient (Wildman–Crippen LogP) is 0.957. The summed E-state index contributed by atoms with van der Waals surface area (Å²) in [5.74, 6) is 0.177. The maximum absolute atomic E-state index is 10.8. The fraction of sp³-hybridized carbons (Fsp3) is 0.300. The first-order chi connectivity index (χ1) is 7.17. The lowest BCUT2D eigenvalue weighted by molar-refractivity contribution is -0.123. The number of carbonyl (C=O) groups excluding carboxylic acids is 1. The smallest absolute Gasteiger partial charge is 0.245 e. The van der Waals surface area contributed by atoms with E-state index in [0.29, 0.717) is 17.3 Å². The molecular formula is C10H12ClNO3. The first kappa shape index (κ1) is 11.8. The quantitative estimate of drug-likeness (QED) is 0.809. The Kier molecular flexibility index (Phi) is 4.39. The van der Waals surface area contributed by atoms with Gasteiger partial charge >= 0.3 is 0 Å². The molecule has 5 heteroatoms. The molecule has 82 valence electrons. The van der Waals surface area contributed by atoms with Crippen molar-refractivity contribution in [2.45, 2.75) is 6.54 Å². The number of methoxy groups -OCH3 is 1. The van der Waals surface area contributed by atoms with Crippen LogP contribution in [-0.4, -0.2) is 24.7 Å². The normalized spacial score (nSPS) is 9.80. The summed E-state index contributed by atoms with van der Waals surface area (Å²) in [5, 5.41) is 11.5. The fourth-order valence-corrected chi connectivity index (χ4v) is 1.36. The van der Waals surface area contributed by atoms with Gasteiger partial charge in [-0.3, -0.25) is 4.79 Å². The molecule has 0 aromatic heterocycles. The molecule has 0 saturated carbocycles. The number of hydrogen-bond donors (Lipinski definition) is 2. The molecule has 0 saturated heterocycles. The highest BCUT2D eigenvalue weighted by Gasteiger charge is 2.03. The highest BCUT2D eigenvalue weighted by molar-refractivity contribution is 6.32. The SMILES string of the molecule is COc1ccc(CNC(=O)CO)cc1Cl. The van der Waals surface area contributed by atoms with E-state index in [1.165, 1.54) is 7.11 Å². The number of halogens is 1. The summed E-state index contributed by atoms with van der Waals surface area (Å²) in [6, 6.07) is 5.23. The molecule has 1 aromatic carbocycles. The molecule has 4 nitrogen and oxygen atoms in total. The summed E-state index contributed by atoms with van der Waals surface area (Å²) in [7, 11) is 1.54. The van der Waals surface area contributed by atoms with Crippen LogP contribution in [-0.2, 0) is 11.3 Å². The Morgan fingerprint density at radius 2 is 2.33 bits per heavy atom. The van der Waals surface area contributed by atoms with E-state index in [4.69, 9.17) is 21.4 Å². The van der Waals surface area contributed by atoms with Crippen LogP contribution < -0.4 is 10.1 Å². The van der Waals surface area contributed by atoms with Crippen molar-refractivity contribution < 1.29 is 14.6 Å². The van der Waals surface area contributed by atoms with Crippen LogP contribution in [0.15, 0.2) is 18.2 Å². The Balaban J connectivity index is 2.63. The zero-order valence-corrected chi connectivity index (χ0v) is 9.04. The summed E-state index contributed by atoms with van der Waals surface area (Å²) in [4.78, 5) is 10.8. The van der Waals surface area contributed by atoms with Gasteiger partial charge < -0.3 is 15.2 Å². The van der Waals surface area contributed by atoms with E-state index < -0.39 is 12.5 Å². The summed E-state index contributed by atoms with van der Waals surface area (Å²) >= 11 is 5.89. The molecule has 0 unspecified atom stereocenters. The van der Waals surface area contributed by atoms with Gasteiger partial charge in [-0.25, -0.2) is 0 Å². The zero-order chi connectivity index (χ0) is 11.3. The molecule has 0 spiro atoms. The Labute approximate surface area is 92.8 Å². The van der Waals surface area contributed by atoms with Gasteiger partial charge in [0.15, 0.2) is 0 Å². The van der Waals surface area contributed by atoms with Crippen molar-refractivity contribution in [3.63, 3.8) is 0 Å². The van der Waals surface area contributed by atoms with Gasteiger partial charge in [0.2, 0.25) is 5.91 Å². The molecule has 0 aliphatic heterocycles. The van der Waals surface area contributed by atoms with E-state index in [-0.39, 0.29) is 0 Å². The molecule has 0 heterocycles. The average Bonchev–Trinajstić information content (AvgIpc) is 2.26. The van der Waals surface area contributed by atoms with Gasteiger partial charge in [-0.15, -0.1) is 0 Å². The number of ether oxygens (including phenoxy) is 1. The number of amides is 1. The third-order valence-electron chi connectivity index (χ3n) is 1.85. The Morgan fingerprint density at radius 1 is 1.60 bits per heavy atom. The van der Waals surface area contributed by atoms with E-state index in [9.17, 15) is 4.79 Å². The van der Waals surface area contributed by atoms with Crippen molar-refractivity contribution >= 4 is 17.5 Å². The molecular weight excluding hydrogens is 218 g/mol. The number of benzene rings is 1. The van der Waals surface area contributed by atoms with Crippen LogP contribution in [0.3, 0.4) is 0 Å². The van der Waals surface area contributed by atoms with Crippen LogP contribution in [0.4, 0.5) is 0 Å². The minimum atomic E-state index is -0.510. The third-order valence-corrected chi connectivity index (χ3v) is 2.14. The molecule has 15 heavy (non-hydrogen) atoms. The van der Waals surface area contributed by atoms with E-state index in [0.717, 1.165) is 5.56 Å². The van der Waals surface area contributed by atoms with Gasteiger partial charge in [0, 0.05) is 6.54 Å². The molecule has 0 aliphatic carbocycles. The van der Waals surface area contributed by atoms with Gasteiger partial charge in [0.1, 0.15) is 12.4 Å². The van der Waals surface area contributed by atoms with E-state index in [2.05, 4.69) is 5.32 Å². The number of nitrogens with one attached hydrogen (secondary N) is 1. The van der Waals surface area contributed by atoms with Crippen molar-refractivity contribution in [1.29, 1.82) is 0 Å². The van der Waals surface area contributed by atoms with Crippen molar-refractivity contribution in [3.05, 3.63) is 28.8 Å². The standard InChI is InChI=1S/C10H12ClNO3/c1-15-9-3-2-7(4-8(9)11)5-12-10(14)6-13/h2-4,13H,5-6H2,1H3,(H,12,14). The molecule has 0 bridgehead atoms. The molecule has 0 radical (unpaired) electrons. The minimum Gasteiger partial charge on any atom is -0.495 e. The van der Waals surface area contributed by atoms with Crippen LogP contribution in [0.2, 0.25) is 5.02 Å². The van der Waals surface area contributed by atoms with Crippen LogP contribution >= 0.6 is 11.6 Å². The largest absolute Gasteiger partial charge is 0.495 e. The number of aliphatic hydroxyl groups is 1. The lowest BCUT2D eigenvalue weighted by atomic mass is 10.2. The molecule has 2 N–H and O–H groups in total. The van der Waals surface area contributed by atoms with Crippen molar-refractivity contribution in [2.24, 2.45) is 0 Å². The number of rotatable bonds is 4. The van der Waals surface area contributed by atoms with Gasteiger partial charge in [0.05, 0.1) is 12.1 Å². The highest BCUT2D eigenvalue weighted by atomic mass is 35.5. The molecule has 0 atom stereocenters. The Bertz CT molecular complexity index is 355. The van der Waals surface area contributed by atoms with E-state index in [1.54, 1.807) is 18.2 Å².